The monoisotopic (exact) mass is 448 g/mol. The second-order valence-corrected chi connectivity index (χ2v) is 11.2. The van der Waals surface area contributed by atoms with Crippen LogP contribution in [-0.2, 0) is 14.8 Å². The number of rotatable bonds is 3. The molecule has 0 radical (unpaired) electrons. The van der Waals surface area contributed by atoms with Gasteiger partial charge in [-0.25, -0.2) is 12.8 Å². The Morgan fingerprint density at radius 3 is 2.57 bits per heavy atom. The van der Waals surface area contributed by atoms with Crippen molar-refractivity contribution in [3.63, 3.8) is 0 Å². The van der Waals surface area contributed by atoms with Crippen LogP contribution < -0.4 is 4.90 Å². The average Bonchev–Trinajstić information content (AvgIpc) is 2.92. The molecule has 0 N–H and O–H groups in total. The molecule has 1 fully saturated rings. The number of nitrogens with zero attached hydrogens (tertiary/aromatic N) is 2. The Kier molecular flexibility index (Phi) is 6.18. The van der Waals surface area contributed by atoms with Crippen LogP contribution in [-0.4, -0.2) is 43.5 Å². The largest absolute Gasteiger partial charge is 0.311 e. The van der Waals surface area contributed by atoms with Gasteiger partial charge in [-0.15, -0.1) is 11.8 Å². The van der Waals surface area contributed by atoms with Crippen LogP contribution in [0.3, 0.4) is 0 Å². The van der Waals surface area contributed by atoms with E-state index in [9.17, 15) is 17.6 Å². The normalized spacial score (nSPS) is 22.9. The molecule has 2 aliphatic rings. The number of carbonyl (C=O) groups is 1. The molecular formula is C22H25FN2O3S2. The van der Waals surface area contributed by atoms with Crippen LogP contribution >= 0.6 is 11.8 Å². The minimum absolute atomic E-state index is 0.0174. The Morgan fingerprint density at radius 2 is 1.80 bits per heavy atom. The molecule has 0 aromatic heterocycles. The van der Waals surface area contributed by atoms with E-state index >= 15 is 0 Å². The molecule has 30 heavy (non-hydrogen) atoms. The summed E-state index contributed by atoms with van der Waals surface area (Å²) in [5.41, 5.74) is 0.912. The highest BCUT2D eigenvalue weighted by Gasteiger charge is 2.36. The molecule has 2 atom stereocenters. The average molecular weight is 449 g/mol. The first-order valence-electron chi connectivity index (χ1n) is 10.2. The molecule has 2 aromatic rings. The number of halogens is 1. The van der Waals surface area contributed by atoms with E-state index in [1.807, 2.05) is 29.2 Å². The summed E-state index contributed by atoms with van der Waals surface area (Å²) >= 11 is 1.77. The highest BCUT2D eigenvalue weighted by atomic mass is 32.2. The topological polar surface area (TPSA) is 57.7 Å². The van der Waals surface area contributed by atoms with Crippen molar-refractivity contribution >= 4 is 33.4 Å². The molecule has 0 unspecified atom stereocenters. The van der Waals surface area contributed by atoms with Crippen molar-refractivity contribution in [3.05, 3.63) is 54.3 Å². The zero-order valence-corrected chi connectivity index (χ0v) is 18.5. The maximum absolute atomic E-state index is 13.5. The van der Waals surface area contributed by atoms with Crippen molar-refractivity contribution in [2.75, 3.05) is 24.5 Å². The lowest BCUT2D eigenvalue weighted by molar-refractivity contribution is -0.123. The molecule has 1 amide bonds. The number of fused-ring (bicyclic) bond motifs is 1. The Bertz CT molecular complexity index is 1030. The first-order valence-corrected chi connectivity index (χ1v) is 12.5. The maximum Gasteiger partial charge on any atom is 0.243 e. The van der Waals surface area contributed by atoms with E-state index in [2.05, 4.69) is 6.92 Å². The number of sulfonamides is 1. The van der Waals surface area contributed by atoms with Gasteiger partial charge in [0.05, 0.1) is 16.5 Å². The first-order chi connectivity index (χ1) is 14.4. The van der Waals surface area contributed by atoms with Crippen molar-refractivity contribution in [1.29, 1.82) is 0 Å². The van der Waals surface area contributed by atoms with E-state index in [1.165, 1.54) is 16.4 Å². The number of para-hydroxylation sites is 1. The van der Waals surface area contributed by atoms with Crippen molar-refractivity contribution in [1.82, 2.24) is 4.31 Å². The fourth-order valence-electron chi connectivity index (χ4n) is 4.05. The zero-order valence-electron chi connectivity index (χ0n) is 16.8. The Labute approximate surface area is 181 Å². The highest BCUT2D eigenvalue weighted by Crippen LogP contribution is 2.38. The molecule has 0 spiro atoms. The fourth-order valence-corrected chi connectivity index (χ4v) is 6.69. The predicted molar refractivity (Wildman–Crippen MR) is 117 cm³/mol. The summed E-state index contributed by atoms with van der Waals surface area (Å²) in [5, 5.41) is 0.408. The number of benzene rings is 2. The molecular weight excluding hydrogens is 423 g/mol. The third kappa shape index (κ3) is 4.26. The van der Waals surface area contributed by atoms with Gasteiger partial charge < -0.3 is 4.90 Å². The molecule has 160 valence electrons. The van der Waals surface area contributed by atoms with Gasteiger partial charge in [0.15, 0.2) is 0 Å². The minimum atomic E-state index is -3.76. The number of piperidine rings is 1. The van der Waals surface area contributed by atoms with Gasteiger partial charge in [-0.05, 0) is 55.7 Å². The van der Waals surface area contributed by atoms with Crippen molar-refractivity contribution in [2.24, 2.45) is 5.92 Å². The minimum Gasteiger partial charge on any atom is -0.311 e. The van der Waals surface area contributed by atoms with Crippen LogP contribution in [0.1, 0.15) is 26.2 Å². The van der Waals surface area contributed by atoms with Crippen molar-refractivity contribution in [3.8, 4) is 0 Å². The number of thioether (sulfide) groups is 1. The van der Waals surface area contributed by atoms with Crippen molar-refractivity contribution in [2.45, 2.75) is 41.2 Å². The zero-order chi connectivity index (χ0) is 21.3. The van der Waals surface area contributed by atoms with Crippen LogP contribution in [0.2, 0.25) is 0 Å². The first kappa shape index (κ1) is 21.3. The Hall–Kier alpha value is -1.90. The summed E-state index contributed by atoms with van der Waals surface area (Å²) in [6.07, 6.45) is 2.17. The second-order valence-electron chi connectivity index (χ2n) is 7.83. The van der Waals surface area contributed by atoms with Gasteiger partial charge >= 0.3 is 0 Å². The highest BCUT2D eigenvalue weighted by molar-refractivity contribution is 8.00. The van der Waals surface area contributed by atoms with E-state index < -0.39 is 15.8 Å². The fraction of sp³-hybridized carbons (Fsp3) is 0.409. The second kappa shape index (κ2) is 8.69. The van der Waals surface area contributed by atoms with E-state index in [0.717, 1.165) is 29.1 Å². The molecule has 8 heteroatoms. The molecule has 0 bridgehead atoms. The van der Waals surface area contributed by atoms with Crippen LogP contribution in [0.15, 0.2) is 58.3 Å². The number of amides is 1. The third-order valence-corrected chi connectivity index (χ3v) is 8.81. The number of carbonyl (C=O) groups excluding carboxylic acids is 1. The number of hydrogen-bond acceptors (Lipinski definition) is 4. The summed E-state index contributed by atoms with van der Waals surface area (Å²) in [6, 6.07) is 12.8. The van der Waals surface area contributed by atoms with Gasteiger partial charge in [0, 0.05) is 29.8 Å². The summed E-state index contributed by atoms with van der Waals surface area (Å²) in [4.78, 5) is 16.5. The maximum atomic E-state index is 13.5. The lowest BCUT2D eigenvalue weighted by Crippen LogP contribution is -2.47. The molecule has 0 aliphatic carbocycles. The van der Waals surface area contributed by atoms with Gasteiger partial charge in [0.1, 0.15) is 5.82 Å². The number of anilines is 1. The molecule has 5 nitrogen and oxygen atoms in total. The lowest BCUT2D eigenvalue weighted by Gasteiger charge is -2.34. The summed E-state index contributed by atoms with van der Waals surface area (Å²) < 4.78 is 40.6. The van der Waals surface area contributed by atoms with Gasteiger partial charge in [0.25, 0.3) is 0 Å². The molecule has 4 rings (SSSR count). The summed E-state index contributed by atoms with van der Waals surface area (Å²) in [6.45, 7) is 3.31. The third-order valence-electron chi connectivity index (χ3n) is 5.69. The predicted octanol–water partition coefficient (Wildman–Crippen LogP) is 4.14. The van der Waals surface area contributed by atoms with Gasteiger partial charge in [-0.2, -0.15) is 4.31 Å². The Morgan fingerprint density at radius 1 is 1.07 bits per heavy atom. The quantitative estimate of drug-likeness (QED) is 0.708. The van der Waals surface area contributed by atoms with Crippen LogP contribution in [0.25, 0.3) is 0 Å². The molecule has 2 heterocycles. The van der Waals surface area contributed by atoms with Crippen LogP contribution in [0.5, 0.6) is 0 Å². The summed E-state index contributed by atoms with van der Waals surface area (Å²) in [5.74, 6) is -0.885. The van der Waals surface area contributed by atoms with Gasteiger partial charge in [-0.1, -0.05) is 19.1 Å². The lowest BCUT2D eigenvalue weighted by atomic mass is 9.97. The smallest absolute Gasteiger partial charge is 0.243 e. The van der Waals surface area contributed by atoms with E-state index in [4.69, 9.17) is 0 Å². The van der Waals surface area contributed by atoms with Crippen molar-refractivity contribution < 1.29 is 17.6 Å². The molecule has 0 saturated carbocycles. The number of hydrogen-bond donors (Lipinski definition) is 0. The van der Waals surface area contributed by atoms with E-state index in [-0.39, 0.29) is 23.3 Å². The SMILES string of the molecule is C[C@@H]1CCN(C(=O)[C@@H]2CCCN(S(=O)(=O)c3ccc(F)cc3)C2)c2ccccc2S1. The molecule has 1 saturated heterocycles. The molecule has 2 aromatic carbocycles. The Balaban J connectivity index is 1.56. The van der Waals surface area contributed by atoms with E-state index in [1.54, 1.807) is 11.8 Å². The van der Waals surface area contributed by atoms with Crippen LogP contribution in [0.4, 0.5) is 10.1 Å². The van der Waals surface area contributed by atoms with Crippen LogP contribution in [0, 0.1) is 11.7 Å². The van der Waals surface area contributed by atoms with Gasteiger partial charge in [0.2, 0.25) is 15.9 Å². The van der Waals surface area contributed by atoms with Gasteiger partial charge in [-0.3, -0.25) is 4.79 Å². The van der Waals surface area contributed by atoms with E-state index in [0.29, 0.717) is 31.2 Å². The standard InChI is InChI=1S/C22H25FN2O3S2/c1-16-12-14-25(20-6-2-3-7-21(20)29-16)22(26)17-5-4-13-24(15-17)30(27,28)19-10-8-18(23)9-11-19/h2-3,6-11,16-17H,4-5,12-15H2,1H3/t16-,17-/m1/s1. The molecule has 2 aliphatic heterocycles. The summed E-state index contributed by atoms with van der Waals surface area (Å²) in [7, 11) is -3.76.